The van der Waals surface area contributed by atoms with Gasteiger partial charge in [-0.15, -0.1) is 0 Å². The van der Waals surface area contributed by atoms with Crippen LogP contribution in [0.4, 0.5) is 0 Å². The van der Waals surface area contributed by atoms with E-state index >= 15 is 0 Å². The van der Waals surface area contributed by atoms with Crippen LogP contribution in [-0.2, 0) is 4.79 Å². The molecular formula is C17H21BN2O7. The van der Waals surface area contributed by atoms with E-state index in [1.165, 1.54) is 6.92 Å². The van der Waals surface area contributed by atoms with Crippen molar-refractivity contribution in [3.05, 3.63) is 23.3 Å². The number of rotatable bonds is 6. The molecule has 144 valence electrons. The summed E-state index contributed by atoms with van der Waals surface area (Å²) in [5.74, 6) is -1.72. The lowest BCUT2D eigenvalue weighted by Gasteiger charge is -2.42. The first kappa shape index (κ1) is 18.1. The Kier molecular flexibility index (Phi) is 4.10. The van der Waals surface area contributed by atoms with Gasteiger partial charge in [-0.3, -0.25) is 9.69 Å². The normalized spacial score (nSPS) is 26.1. The highest BCUT2D eigenvalue weighted by atomic mass is 16.5. The zero-order valence-corrected chi connectivity index (χ0v) is 14.8. The maximum Gasteiger partial charge on any atom is 0.526 e. The minimum atomic E-state index is -1.35. The lowest BCUT2D eigenvalue weighted by molar-refractivity contribution is -0.144. The molecule has 5 N–H and O–H groups in total. The molecule has 0 unspecified atom stereocenters. The van der Waals surface area contributed by atoms with Crippen molar-refractivity contribution < 1.29 is 34.2 Å². The van der Waals surface area contributed by atoms with Crippen molar-refractivity contribution in [2.75, 3.05) is 19.6 Å². The van der Waals surface area contributed by atoms with Crippen molar-refractivity contribution >= 4 is 19.1 Å². The van der Waals surface area contributed by atoms with Gasteiger partial charge in [0.2, 0.25) is 0 Å². The molecule has 10 heteroatoms. The predicted octanol–water partition coefficient (Wildman–Crippen LogP) is -0.0198. The third-order valence-electron chi connectivity index (χ3n) is 5.47. The van der Waals surface area contributed by atoms with Crippen LogP contribution in [0.15, 0.2) is 12.1 Å². The summed E-state index contributed by atoms with van der Waals surface area (Å²) in [5, 5.41) is 28.7. The summed E-state index contributed by atoms with van der Waals surface area (Å²) in [6, 6.07) is 3.43. The number of hydrogen-bond donors (Lipinski definition) is 4. The SMILES string of the molecule is C[C@@](N)(CN1CC(Oc2ccc3c(c2C(=O)O)OB(O)[C@@H]2C[C@H]32)C1)C(=O)O. The summed E-state index contributed by atoms with van der Waals surface area (Å²) < 4.78 is 11.3. The summed E-state index contributed by atoms with van der Waals surface area (Å²) >= 11 is 0. The lowest BCUT2D eigenvalue weighted by atomic mass is 9.77. The van der Waals surface area contributed by atoms with Crippen LogP contribution >= 0.6 is 0 Å². The number of ether oxygens (including phenoxy) is 1. The Hall–Kier alpha value is -2.30. The number of likely N-dealkylation sites (tertiary alicyclic amines) is 1. The molecule has 9 nitrogen and oxygen atoms in total. The maximum absolute atomic E-state index is 11.8. The summed E-state index contributed by atoms with van der Waals surface area (Å²) in [6.07, 6.45) is 0.514. The Morgan fingerprint density at radius 2 is 2.11 bits per heavy atom. The molecule has 27 heavy (non-hydrogen) atoms. The molecule has 1 saturated heterocycles. The standard InChI is InChI=1S/C17H21BN2O7/c1-17(19,16(23)24)7-20-5-8(6-20)26-12-3-2-9-10-4-11(10)18(25)27-14(9)13(12)15(21)22/h2-3,8,10-11,25H,4-7,19H2,1H3,(H,21,22)(H,23,24)/t10-,11-,17-/m1/s1. The lowest BCUT2D eigenvalue weighted by Crippen LogP contribution is -2.62. The third kappa shape index (κ3) is 3.13. The van der Waals surface area contributed by atoms with Gasteiger partial charge in [0.05, 0.1) is 0 Å². The van der Waals surface area contributed by atoms with Gasteiger partial charge < -0.3 is 30.4 Å². The van der Waals surface area contributed by atoms with E-state index in [2.05, 4.69) is 0 Å². The largest absolute Gasteiger partial charge is 0.535 e. The molecule has 0 bridgehead atoms. The van der Waals surface area contributed by atoms with Crippen molar-refractivity contribution in [3.8, 4) is 11.5 Å². The average Bonchev–Trinajstić information content (AvgIpc) is 3.33. The molecular weight excluding hydrogens is 355 g/mol. The zero-order chi connectivity index (χ0) is 19.5. The first-order valence-corrected chi connectivity index (χ1v) is 8.83. The first-order chi connectivity index (χ1) is 12.7. The second kappa shape index (κ2) is 6.11. The quantitative estimate of drug-likeness (QED) is 0.504. The molecule has 3 aliphatic rings. The van der Waals surface area contributed by atoms with Gasteiger partial charge in [-0.25, -0.2) is 4.79 Å². The monoisotopic (exact) mass is 376 g/mol. The smallest absolute Gasteiger partial charge is 0.526 e. The second-order valence-electron chi connectivity index (χ2n) is 7.83. The van der Waals surface area contributed by atoms with Crippen molar-refractivity contribution in [1.29, 1.82) is 0 Å². The molecule has 1 aromatic carbocycles. The number of carboxylic acid groups (broad SMARTS) is 2. The van der Waals surface area contributed by atoms with Gasteiger partial charge in [0.1, 0.15) is 28.7 Å². The molecule has 0 spiro atoms. The number of carboxylic acids is 2. The maximum atomic E-state index is 11.8. The van der Waals surface area contributed by atoms with E-state index in [-0.39, 0.29) is 41.4 Å². The summed E-state index contributed by atoms with van der Waals surface area (Å²) in [6.45, 7) is 2.52. The van der Waals surface area contributed by atoms with Gasteiger partial charge in [-0.05, 0) is 30.9 Å². The summed E-state index contributed by atoms with van der Waals surface area (Å²) in [5.41, 5.74) is 5.10. The minimum Gasteiger partial charge on any atom is -0.535 e. The average molecular weight is 376 g/mol. The molecule has 0 aromatic heterocycles. The van der Waals surface area contributed by atoms with Crippen LogP contribution in [-0.4, -0.2) is 70.5 Å². The molecule has 2 fully saturated rings. The number of benzene rings is 1. The van der Waals surface area contributed by atoms with E-state index in [9.17, 15) is 19.7 Å². The Morgan fingerprint density at radius 1 is 1.41 bits per heavy atom. The number of nitrogens with two attached hydrogens (primary N) is 1. The topological polar surface area (TPSA) is 143 Å². The van der Waals surface area contributed by atoms with Crippen LogP contribution in [0.3, 0.4) is 0 Å². The van der Waals surface area contributed by atoms with Gasteiger partial charge in [0.25, 0.3) is 0 Å². The highest BCUT2D eigenvalue weighted by Gasteiger charge is 2.54. The van der Waals surface area contributed by atoms with Crippen LogP contribution < -0.4 is 15.1 Å². The van der Waals surface area contributed by atoms with Crippen LogP contribution in [0.25, 0.3) is 0 Å². The Morgan fingerprint density at radius 3 is 2.74 bits per heavy atom. The fourth-order valence-electron chi connectivity index (χ4n) is 3.83. The van der Waals surface area contributed by atoms with Gasteiger partial charge >= 0.3 is 19.1 Å². The van der Waals surface area contributed by atoms with Crippen LogP contribution in [0.5, 0.6) is 11.5 Å². The van der Waals surface area contributed by atoms with E-state index in [1.54, 1.807) is 12.1 Å². The molecule has 2 aliphatic heterocycles. The molecule has 2 heterocycles. The number of hydrogen-bond acceptors (Lipinski definition) is 7. The Labute approximate surface area is 155 Å². The fraction of sp³-hybridized carbons (Fsp3) is 0.529. The predicted molar refractivity (Wildman–Crippen MR) is 94.2 cm³/mol. The van der Waals surface area contributed by atoms with Crippen molar-refractivity contribution in [1.82, 2.24) is 4.90 Å². The highest BCUT2D eigenvalue weighted by molar-refractivity contribution is 6.48. The molecule has 3 atom stereocenters. The highest BCUT2D eigenvalue weighted by Crippen LogP contribution is 2.60. The van der Waals surface area contributed by atoms with Crippen LogP contribution in [0, 0.1) is 0 Å². The molecule has 0 radical (unpaired) electrons. The number of aliphatic carboxylic acids is 1. The van der Waals surface area contributed by atoms with E-state index < -0.39 is 24.6 Å². The zero-order valence-electron chi connectivity index (χ0n) is 14.8. The fourth-order valence-corrected chi connectivity index (χ4v) is 3.83. The van der Waals surface area contributed by atoms with Crippen LogP contribution in [0.1, 0.15) is 35.2 Å². The molecule has 4 rings (SSSR count). The van der Waals surface area contributed by atoms with Gasteiger partial charge in [-0.1, -0.05) is 6.07 Å². The van der Waals surface area contributed by atoms with Gasteiger partial charge in [-0.2, -0.15) is 0 Å². The summed E-state index contributed by atoms with van der Waals surface area (Å²) in [7, 11) is -0.992. The summed E-state index contributed by atoms with van der Waals surface area (Å²) in [4.78, 5) is 24.7. The van der Waals surface area contributed by atoms with Crippen molar-refractivity contribution in [2.45, 2.75) is 36.7 Å². The minimum absolute atomic E-state index is 0.0333. The van der Waals surface area contributed by atoms with E-state index in [4.69, 9.17) is 20.2 Å². The Balaban J connectivity index is 1.47. The third-order valence-corrected chi connectivity index (χ3v) is 5.47. The number of nitrogens with zero attached hydrogens (tertiary/aromatic N) is 1. The van der Waals surface area contributed by atoms with E-state index in [0.29, 0.717) is 13.1 Å². The number of aromatic carboxylic acids is 1. The van der Waals surface area contributed by atoms with E-state index in [0.717, 1.165) is 12.0 Å². The number of fused-ring (bicyclic) bond motifs is 3. The van der Waals surface area contributed by atoms with Crippen LogP contribution in [0.2, 0.25) is 5.82 Å². The van der Waals surface area contributed by atoms with E-state index in [1.807, 2.05) is 4.90 Å². The molecule has 1 aliphatic carbocycles. The second-order valence-corrected chi connectivity index (χ2v) is 7.83. The Bertz CT molecular complexity index is 809. The van der Waals surface area contributed by atoms with Gasteiger partial charge in [0.15, 0.2) is 0 Å². The number of carbonyl (C=O) groups is 2. The molecule has 1 saturated carbocycles. The van der Waals surface area contributed by atoms with Gasteiger partial charge in [0, 0.05) is 25.5 Å². The first-order valence-electron chi connectivity index (χ1n) is 8.83. The van der Waals surface area contributed by atoms with Crippen molar-refractivity contribution in [3.63, 3.8) is 0 Å². The molecule has 0 amide bonds. The van der Waals surface area contributed by atoms with Crippen molar-refractivity contribution in [2.24, 2.45) is 5.73 Å². The molecule has 1 aromatic rings.